The quantitative estimate of drug-likeness (QED) is 0.260. The summed E-state index contributed by atoms with van der Waals surface area (Å²) in [5.74, 6) is 0.652. The van der Waals surface area contributed by atoms with Crippen LogP contribution in [0.3, 0.4) is 0 Å². The number of hydrogen-bond donors (Lipinski definition) is 1. The van der Waals surface area contributed by atoms with Gasteiger partial charge in [0.1, 0.15) is 5.75 Å². The number of halogens is 2. The second kappa shape index (κ2) is 8.81. The Bertz CT molecular complexity index is 958. The number of amides is 1. The van der Waals surface area contributed by atoms with E-state index in [-0.39, 0.29) is 5.91 Å². The number of nitrogens with zero attached hydrogens (tertiary/aromatic N) is 1. The zero-order chi connectivity index (χ0) is 18.5. The third-order valence-electron chi connectivity index (χ3n) is 3.72. The van der Waals surface area contributed by atoms with Gasteiger partial charge in [-0.15, -0.1) is 0 Å². The Morgan fingerprint density at radius 3 is 2.54 bits per heavy atom. The Balaban J connectivity index is 1.77. The average molecular weight is 570 g/mol. The smallest absolute Gasteiger partial charge is 0.271 e. The van der Waals surface area contributed by atoms with Crippen LogP contribution in [0, 0.1) is 7.14 Å². The molecule has 0 aliphatic rings. The van der Waals surface area contributed by atoms with E-state index in [1.165, 1.54) is 0 Å². The van der Waals surface area contributed by atoms with Crippen LogP contribution in [0.5, 0.6) is 5.75 Å². The van der Waals surface area contributed by atoms with Gasteiger partial charge in [0.05, 0.1) is 20.0 Å². The van der Waals surface area contributed by atoms with E-state index < -0.39 is 0 Å². The lowest BCUT2D eigenvalue weighted by Crippen LogP contribution is -2.17. The Kier molecular flexibility index (Phi) is 6.47. The first-order valence-electron chi connectivity index (χ1n) is 8.03. The maximum atomic E-state index is 12.5. The van der Waals surface area contributed by atoms with Crippen molar-refractivity contribution in [2.24, 2.45) is 5.10 Å². The van der Waals surface area contributed by atoms with E-state index in [1.807, 2.05) is 55.5 Å². The molecular formula is C20H16I2N2O2. The van der Waals surface area contributed by atoms with Gasteiger partial charge in [0.2, 0.25) is 0 Å². The van der Waals surface area contributed by atoms with Crippen molar-refractivity contribution in [1.29, 1.82) is 0 Å². The van der Waals surface area contributed by atoms with E-state index in [2.05, 4.69) is 55.7 Å². The summed E-state index contributed by atoms with van der Waals surface area (Å²) < 4.78 is 7.66. The molecule has 0 aromatic heterocycles. The number of hydrogen-bond acceptors (Lipinski definition) is 3. The number of fused-ring (bicyclic) bond motifs is 1. The number of hydrazone groups is 1. The lowest BCUT2D eigenvalue weighted by atomic mass is 10.0. The van der Waals surface area contributed by atoms with Crippen LogP contribution in [0.1, 0.15) is 22.8 Å². The molecule has 0 atom stereocenters. The molecule has 4 nitrogen and oxygen atoms in total. The fraction of sp³-hybridized carbons (Fsp3) is 0.100. The summed E-state index contributed by atoms with van der Waals surface area (Å²) >= 11 is 4.48. The highest BCUT2D eigenvalue weighted by molar-refractivity contribution is 14.1. The fourth-order valence-corrected chi connectivity index (χ4v) is 4.71. The molecule has 0 spiro atoms. The van der Waals surface area contributed by atoms with Gasteiger partial charge in [0.25, 0.3) is 5.91 Å². The molecule has 0 heterocycles. The second-order valence-electron chi connectivity index (χ2n) is 5.47. The molecule has 0 radical (unpaired) electrons. The van der Waals surface area contributed by atoms with Gasteiger partial charge in [-0.2, -0.15) is 5.10 Å². The highest BCUT2D eigenvalue weighted by atomic mass is 127. The molecular weight excluding hydrogens is 554 g/mol. The molecule has 0 saturated heterocycles. The molecule has 0 aliphatic carbocycles. The lowest BCUT2D eigenvalue weighted by molar-refractivity contribution is 0.0957. The SMILES string of the molecule is CCOc1c(I)cc(/C=N\NC(=O)c2cccc3ccccc23)cc1I. The van der Waals surface area contributed by atoms with Crippen molar-refractivity contribution in [3.05, 3.63) is 72.9 Å². The highest BCUT2D eigenvalue weighted by Gasteiger charge is 2.09. The van der Waals surface area contributed by atoms with Gasteiger partial charge >= 0.3 is 0 Å². The minimum atomic E-state index is -0.228. The molecule has 0 aliphatic heterocycles. The Labute approximate surface area is 179 Å². The van der Waals surface area contributed by atoms with Crippen molar-refractivity contribution in [3.63, 3.8) is 0 Å². The summed E-state index contributed by atoms with van der Waals surface area (Å²) in [5, 5.41) is 6.05. The highest BCUT2D eigenvalue weighted by Crippen LogP contribution is 2.28. The standard InChI is InChI=1S/C20H16I2N2O2/c1-2-26-19-17(21)10-13(11-18(19)22)12-23-24-20(25)16-9-5-7-14-6-3-4-8-15(14)16/h3-12H,2H2,1H3,(H,24,25)/b23-12-. The molecule has 1 N–H and O–H groups in total. The molecule has 0 saturated carbocycles. The molecule has 0 unspecified atom stereocenters. The van der Waals surface area contributed by atoms with E-state index in [0.717, 1.165) is 29.2 Å². The zero-order valence-corrected chi connectivity index (χ0v) is 18.3. The van der Waals surface area contributed by atoms with Crippen LogP contribution >= 0.6 is 45.2 Å². The maximum Gasteiger partial charge on any atom is 0.271 e. The first-order valence-corrected chi connectivity index (χ1v) is 10.2. The third kappa shape index (κ3) is 4.35. The first-order chi connectivity index (χ1) is 12.6. The van der Waals surface area contributed by atoms with E-state index in [4.69, 9.17) is 4.74 Å². The van der Waals surface area contributed by atoms with Crippen LogP contribution in [0.25, 0.3) is 10.8 Å². The minimum Gasteiger partial charge on any atom is -0.492 e. The number of carbonyl (C=O) groups is 1. The fourth-order valence-electron chi connectivity index (χ4n) is 2.59. The van der Waals surface area contributed by atoms with Crippen LogP contribution in [-0.2, 0) is 0 Å². The molecule has 1 amide bonds. The normalized spacial score (nSPS) is 11.0. The first kappa shape index (κ1) is 19.1. The van der Waals surface area contributed by atoms with Crippen molar-refractivity contribution in [2.75, 3.05) is 6.61 Å². The molecule has 3 rings (SSSR count). The summed E-state index contributed by atoms with van der Waals surface area (Å²) in [6.07, 6.45) is 1.64. The van der Waals surface area contributed by atoms with E-state index in [1.54, 1.807) is 12.3 Å². The van der Waals surface area contributed by atoms with Crippen molar-refractivity contribution in [3.8, 4) is 5.75 Å². The molecule has 0 fully saturated rings. The molecule has 6 heteroatoms. The third-order valence-corrected chi connectivity index (χ3v) is 5.33. The number of rotatable bonds is 5. The largest absolute Gasteiger partial charge is 0.492 e. The van der Waals surface area contributed by atoms with Crippen LogP contribution in [0.2, 0.25) is 0 Å². The van der Waals surface area contributed by atoms with Crippen LogP contribution in [-0.4, -0.2) is 18.7 Å². The summed E-state index contributed by atoms with van der Waals surface area (Å²) in [4.78, 5) is 12.5. The number of nitrogens with one attached hydrogen (secondary N) is 1. The summed E-state index contributed by atoms with van der Waals surface area (Å²) in [7, 11) is 0. The minimum absolute atomic E-state index is 0.228. The summed E-state index contributed by atoms with van der Waals surface area (Å²) in [6.45, 7) is 2.59. The predicted octanol–water partition coefficient (Wildman–Crippen LogP) is 5.21. The summed E-state index contributed by atoms with van der Waals surface area (Å²) in [6, 6.07) is 17.4. The van der Waals surface area contributed by atoms with Crippen LogP contribution < -0.4 is 10.2 Å². The van der Waals surface area contributed by atoms with E-state index >= 15 is 0 Å². The predicted molar refractivity (Wildman–Crippen MR) is 122 cm³/mol. The van der Waals surface area contributed by atoms with Gasteiger partial charge in [-0.05, 0) is 86.6 Å². The lowest BCUT2D eigenvalue weighted by Gasteiger charge is -2.09. The monoisotopic (exact) mass is 570 g/mol. The van der Waals surface area contributed by atoms with Crippen molar-refractivity contribution < 1.29 is 9.53 Å². The van der Waals surface area contributed by atoms with Gasteiger partial charge in [0.15, 0.2) is 0 Å². The Morgan fingerprint density at radius 2 is 1.81 bits per heavy atom. The van der Waals surface area contributed by atoms with E-state index in [0.29, 0.717) is 12.2 Å². The van der Waals surface area contributed by atoms with Gasteiger partial charge in [-0.3, -0.25) is 4.79 Å². The van der Waals surface area contributed by atoms with Gasteiger partial charge in [-0.25, -0.2) is 5.43 Å². The number of benzene rings is 3. The van der Waals surface area contributed by atoms with Crippen molar-refractivity contribution in [1.82, 2.24) is 5.43 Å². The molecule has 26 heavy (non-hydrogen) atoms. The topological polar surface area (TPSA) is 50.7 Å². The Hall–Kier alpha value is -1.68. The maximum absolute atomic E-state index is 12.5. The van der Waals surface area contributed by atoms with Crippen LogP contribution in [0.15, 0.2) is 59.7 Å². The van der Waals surface area contributed by atoms with E-state index in [9.17, 15) is 4.79 Å². The molecule has 132 valence electrons. The van der Waals surface area contributed by atoms with Crippen LogP contribution in [0.4, 0.5) is 0 Å². The second-order valence-corrected chi connectivity index (χ2v) is 7.80. The molecule has 3 aromatic carbocycles. The van der Waals surface area contributed by atoms with Gasteiger partial charge < -0.3 is 4.74 Å². The Morgan fingerprint density at radius 1 is 1.12 bits per heavy atom. The molecule has 0 bridgehead atoms. The summed E-state index contributed by atoms with van der Waals surface area (Å²) in [5.41, 5.74) is 4.12. The van der Waals surface area contributed by atoms with Crippen molar-refractivity contribution >= 4 is 68.1 Å². The van der Waals surface area contributed by atoms with Gasteiger partial charge in [-0.1, -0.05) is 36.4 Å². The average Bonchev–Trinajstić information content (AvgIpc) is 2.64. The number of carbonyl (C=O) groups excluding carboxylic acids is 1. The number of ether oxygens (including phenoxy) is 1. The molecule has 3 aromatic rings. The van der Waals surface area contributed by atoms with Gasteiger partial charge in [0, 0.05) is 5.56 Å². The zero-order valence-electron chi connectivity index (χ0n) is 14.0. The van der Waals surface area contributed by atoms with Crippen molar-refractivity contribution in [2.45, 2.75) is 6.92 Å².